The van der Waals surface area contributed by atoms with E-state index in [-0.39, 0.29) is 0 Å². The zero-order valence-electron chi connectivity index (χ0n) is 27.1. The summed E-state index contributed by atoms with van der Waals surface area (Å²) >= 11 is 0. The number of carbonyl (C=O) groups is 2. The van der Waals surface area contributed by atoms with Gasteiger partial charge in [-0.25, -0.2) is 19.6 Å². The van der Waals surface area contributed by atoms with Crippen molar-refractivity contribution in [3.05, 3.63) is 0 Å². The van der Waals surface area contributed by atoms with Crippen molar-refractivity contribution >= 4 is 11.8 Å². The van der Waals surface area contributed by atoms with Gasteiger partial charge in [-0.05, 0) is 12.8 Å². The number of hydrogen-bond acceptors (Lipinski definition) is 6. The molecule has 2 atom stereocenters. The zero-order chi connectivity index (χ0) is 29.8. The molecular formula is C32H64N2O6. The second kappa shape index (κ2) is 27.9. The standard InChI is InChI=1S/C32H64N2O6/c1-7-9-11-13-15-17-19-21-23-25-27-37-39-29(31(35)33(3)4)30(32(36)34(5)6)40-38-28-26-24-22-20-18-16-14-12-10-8-2/h29-30H,7-28H2,1-6H3. The maximum atomic E-state index is 12.9. The van der Waals surface area contributed by atoms with E-state index in [1.807, 2.05) is 0 Å². The molecule has 0 saturated heterocycles. The molecule has 0 bridgehead atoms. The molecule has 40 heavy (non-hydrogen) atoms. The van der Waals surface area contributed by atoms with Crippen molar-refractivity contribution in [3.8, 4) is 0 Å². The minimum Gasteiger partial charge on any atom is -0.346 e. The van der Waals surface area contributed by atoms with Crippen LogP contribution in [0.3, 0.4) is 0 Å². The van der Waals surface area contributed by atoms with Crippen LogP contribution in [0.1, 0.15) is 142 Å². The third-order valence-electron chi connectivity index (χ3n) is 7.15. The smallest absolute Gasteiger partial charge is 0.258 e. The lowest BCUT2D eigenvalue weighted by Gasteiger charge is -2.27. The number of amides is 2. The number of unbranched alkanes of at least 4 members (excludes halogenated alkanes) is 18. The predicted octanol–water partition coefficient (Wildman–Crippen LogP) is 7.64. The molecule has 0 aromatic rings. The molecule has 8 heteroatoms. The fourth-order valence-corrected chi connectivity index (χ4v) is 4.49. The Hall–Kier alpha value is -1.22. The summed E-state index contributed by atoms with van der Waals surface area (Å²) in [5.41, 5.74) is 0. The summed E-state index contributed by atoms with van der Waals surface area (Å²) in [4.78, 5) is 50.3. The summed E-state index contributed by atoms with van der Waals surface area (Å²) in [5.74, 6) is -0.823. The van der Waals surface area contributed by atoms with Crippen LogP contribution in [0.25, 0.3) is 0 Å². The highest BCUT2D eigenvalue weighted by molar-refractivity contribution is 5.90. The highest BCUT2D eigenvalue weighted by Crippen LogP contribution is 2.15. The molecule has 0 aromatic carbocycles. The molecule has 0 aliphatic heterocycles. The van der Waals surface area contributed by atoms with Gasteiger partial charge in [0.25, 0.3) is 11.8 Å². The summed E-state index contributed by atoms with van der Waals surface area (Å²) in [7, 11) is 6.46. The van der Waals surface area contributed by atoms with Crippen LogP contribution in [0, 0.1) is 0 Å². The van der Waals surface area contributed by atoms with E-state index in [1.165, 1.54) is 99.7 Å². The summed E-state index contributed by atoms with van der Waals surface area (Å²) in [6, 6.07) is 0. The van der Waals surface area contributed by atoms with Crippen LogP contribution >= 0.6 is 0 Å². The first-order valence-electron chi connectivity index (χ1n) is 16.4. The zero-order valence-corrected chi connectivity index (χ0v) is 27.1. The van der Waals surface area contributed by atoms with Crippen molar-refractivity contribution in [2.24, 2.45) is 0 Å². The van der Waals surface area contributed by atoms with Gasteiger partial charge in [0.1, 0.15) is 0 Å². The minimum absolute atomic E-state index is 0.357. The summed E-state index contributed by atoms with van der Waals surface area (Å²) in [6.45, 7) is 5.20. The van der Waals surface area contributed by atoms with Gasteiger partial charge in [0.15, 0.2) is 0 Å². The first kappa shape index (κ1) is 38.8. The summed E-state index contributed by atoms with van der Waals surface area (Å²) in [5, 5.41) is 0. The highest BCUT2D eigenvalue weighted by atomic mass is 17.2. The topological polar surface area (TPSA) is 77.5 Å². The molecule has 0 aliphatic carbocycles. The normalized spacial score (nSPS) is 12.8. The molecule has 0 rings (SSSR count). The molecule has 238 valence electrons. The van der Waals surface area contributed by atoms with Gasteiger partial charge in [0.05, 0.1) is 13.2 Å². The van der Waals surface area contributed by atoms with Gasteiger partial charge in [0, 0.05) is 28.2 Å². The fourth-order valence-electron chi connectivity index (χ4n) is 4.49. The Kier molecular flexibility index (Phi) is 27.1. The highest BCUT2D eigenvalue weighted by Gasteiger charge is 2.40. The average molecular weight is 573 g/mol. The molecule has 0 saturated carbocycles. The number of carbonyl (C=O) groups excluding carboxylic acids is 2. The lowest BCUT2D eigenvalue weighted by Crippen LogP contribution is -2.51. The van der Waals surface area contributed by atoms with Gasteiger partial charge >= 0.3 is 0 Å². The molecule has 0 N–H and O–H groups in total. The van der Waals surface area contributed by atoms with Crippen LogP contribution in [0.4, 0.5) is 0 Å². The summed E-state index contributed by atoms with van der Waals surface area (Å²) in [6.07, 6.45) is 21.9. The Morgan fingerprint density at radius 3 is 0.950 bits per heavy atom. The van der Waals surface area contributed by atoms with Crippen LogP contribution in [0.5, 0.6) is 0 Å². The van der Waals surface area contributed by atoms with Gasteiger partial charge in [-0.1, -0.05) is 129 Å². The SMILES string of the molecule is CCCCCCCCCCCCOOC(C(=O)N(C)C)C(OOCCCCCCCCCCCC)C(=O)N(C)C. The lowest BCUT2D eigenvalue weighted by molar-refractivity contribution is -0.377. The second-order valence-corrected chi connectivity index (χ2v) is 11.5. The van der Waals surface area contributed by atoms with Crippen LogP contribution < -0.4 is 0 Å². The first-order valence-corrected chi connectivity index (χ1v) is 16.4. The monoisotopic (exact) mass is 572 g/mol. The van der Waals surface area contributed by atoms with E-state index in [9.17, 15) is 9.59 Å². The van der Waals surface area contributed by atoms with E-state index in [0.29, 0.717) is 13.2 Å². The van der Waals surface area contributed by atoms with Crippen LogP contribution in [-0.4, -0.2) is 75.2 Å². The Morgan fingerprint density at radius 1 is 0.450 bits per heavy atom. The van der Waals surface area contributed by atoms with E-state index >= 15 is 0 Å². The van der Waals surface area contributed by atoms with E-state index in [2.05, 4.69) is 13.8 Å². The predicted molar refractivity (Wildman–Crippen MR) is 163 cm³/mol. The molecule has 0 aliphatic rings. The summed E-state index contributed by atoms with van der Waals surface area (Å²) < 4.78 is 0. The van der Waals surface area contributed by atoms with Crippen LogP contribution in [0.2, 0.25) is 0 Å². The van der Waals surface area contributed by atoms with Crippen molar-refractivity contribution in [1.29, 1.82) is 0 Å². The Balaban J connectivity index is 4.41. The number of rotatable bonds is 29. The minimum atomic E-state index is -1.25. The van der Waals surface area contributed by atoms with Crippen molar-refractivity contribution in [1.82, 2.24) is 9.80 Å². The van der Waals surface area contributed by atoms with E-state index in [0.717, 1.165) is 38.5 Å². The van der Waals surface area contributed by atoms with Gasteiger partial charge in [-0.15, -0.1) is 0 Å². The van der Waals surface area contributed by atoms with Gasteiger partial charge in [0.2, 0.25) is 12.2 Å². The molecule has 0 fully saturated rings. The number of hydrogen-bond donors (Lipinski definition) is 0. The fraction of sp³-hybridized carbons (Fsp3) is 0.938. The van der Waals surface area contributed by atoms with Crippen molar-refractivity contribution < 1.29 is 29.1 Å². The van der Waals surface area contributed by atoms with Gasteiger partial charge in [-0.2, -0.15) is 0 Å². The maximum absolute atomic E-state index is 12.9. The quantitative estimate of drug-likeness (QED) is 0.0521. The molecule has 0 heterocycles. The molecular weight excluding hydrogens is 508 g/mol. The van der Waals surface area contributed by atoms with Crippen molar-refractivity contribution in [2.75, 3.05) is 41.4 Å². The van der Waals surface area contributed by atoms with E-state index in [1.54, 1.807) is 28.2 Å². The van der Waals surface area contributed by atoms with Crippen LogP contribution in [-0.2, 0) is 29.1 Å². The van der Waals surface area contributed by atoms with E-state index < -0.39 is 24.0 Å². The Morgan fingerprint density at radius 2 is 0.700 bits per heavy atom. The maximum Gasteiger partial charge on any atom is 0.258 e. The molecule has 8 nitrogen and oxygen atoms in total. The van der Waals surface area contributed by atoms with Crippen LogP contribution in [0.15, 0.2) is 0 Å². The first-order chi connectivity index (χ1) is 19.4. The van der Waals surface area contributed by atoms with Crippen molar-refractivity contribution in [2.45, 2.75) is 154 Å². The number of likely N-dealkylation sites (N-methyl/N-ethyl adjacent to an activating group) is 2. The van der Waals surface area contributed by atoms with Crippen molar-refractivity contribution in [3.63, 3.8) is 0 Å². The second-order valence-electron chi connectivity index (χ2n) is 11.5. The Bertz CT molecular complexity index is 538. The van der Waals surface area contributed by atoms with E-state index in [4.69, 9.17) is 19.6 Å². The molecule has 0 spiro atoms. The largest absolute Gasteiger partial charge is 0.346 e. The molecule has 2 amide bonds. The lowest BCUT2D eigenvalue weighted by atomic mass is 10.1. The third kappa shape index (κ3) is 21.5. The third-order valence-corrected chi connectivity index (χ3v) is 7.15. The molecule has 2 unspecified atom stereocenters. The van der Waals surface area contributed by atoms with Gasteiger partial charge in [-0.3, -0.25) is 9.59 Å². The molecule has 0 radical (unpaired) electrons. The van der Waals surface area contributed by atoms with Gasteiger partial charge < -0.3 is 9.80 Å². The molecule has 0 aromatic heterocycles. The average Bonchev–Trinajstić information content (AvgIpc) is 2.93. The number of nitrogens with zero attached hydrogens (tertiary/aromatic N) is 2. The Labute approximate surface area is 246 Å².